The highest BCUT2D eigenvalue weighted by atomic mass is 35.5. The summed E-state index contributed by atoms with van der Waals surface area (Å²) in [4.78, 5) is 8.99. The summed E-state index contributed by atoms with van der Waals surface area (Å²) in [6.45, 7) is 0. The summed E-state index contributed by atoms with van der Waals surface area (Å²) in [5.74, 6) is 2.09. The zero-order valence-electron chi connectivity index (χ0n) is 14.8. The summed E-state index contributed by atoms with van der Waals surface area (Å²) < 4.78 is 10.7. The molecule has 1 saturated carbocycles. The lowest BCUT2D eigenvalue weighted by Gasteiger charge is -2.16. The Kier molecular flexibility index (Phi) is 4.61. The van der Waals surface area contributed by atoms with Crippen molar-refractivity contribution < 1.29 is 9.47 Å². The van der Waals surface area contributed by atoms with Gasteiger partial charge in [0.25, 0.3) is 0 Å². The Morgan fingerprint density at radius 3 is 2.33 bits per heavy atom. The summed E-state index contributed by atoms with van der Waals surface area (Å²) in [7, 11) is 3.08. The first-order chi connectivity index (χ1) is 13.0. The van der Waals surface area contributed by atoms with Crippen LogP contribution < -0.4 is 20.5 Å². The van der Waals surface area contributed by atoms with Crippen LogP contribution in [0.5, 0.6) is 11.5 Å². The van der Waals surface area contributed by atoms with E-state index < -0.39 is 0 Å². The Morgan fingerprint density at radius 1 is 1.07 bits per heavy atom. The molecule has 0 atom stereocenters. The summed E-state index contributed by atoms with van der Waals surface area (Å²) >= 11 is 13.1. The smallest absolute Gasteiger partial charge is 0.141 e. The maximum atomic E-state index is 6.56. The van der Waals surface area contributed by atoms with Gasteiger partial charge in [0.15, 0.2) is 0 Å². The Bertz CT molecular complexity index is 1010. The molecule has 0 saturated heterocycles. The lowest BCUT2D eigenvalue weighted by atomic mass is 10.1. The molecule has 0 unspecified atom stereocenters. The number of hydrogen-bond donors (Lipinski definition) is 2. The van der Waals surface area contributed by atoms with Crippen LogP contribution in [0.1, 0.15) is 12.8 Å². The molecule has 0 aliphatic heterocycles. The molecule has 3 aromatic rings. The predicted molar refractivity (Wildman–Crippen MR) is 109 cm³/mol. The fraction of sp³-hybridized carbons (Fsp3) is 0.263. The van der Waals surface area contributed by atoms with Gasteiger partial charge in [-0.3, -0.25) is 0 Å². The number of halogens is 2. The molecule has 8 heteroatoms. The third kappa shape index (κ3) is 3.31. The van der Waals surface area contributed by atoms with Crippen molar-refractivity contribution >= 4 is 45.6 Å². The van der Waals surface area contributed by atoms with Crippen LogP contribution in [0, 0.1) is 0 Å². The molecular formula is C19H18Cl2N4O2. The lowest BCUT2D eigenvalue weighted by Crippen LogP contribution is -2.05. The molecule has 2 heterocycles. The molecule has 1 fully saturated rings. The van der Waals surface area contributed by atoms with Gasteiger partial charge < -0.3 is 20.5 Å². The number of aromatic nitrogens is 2. The maximum absolute atomic E-state index is 6.56. The number of hydrogen-bond acceptors (Lipinski definition) is 6. The molecule has 2 aromatic heterocycles. The van der Waals surface area contributed by atoms with Crippen LogP contribution in [0.3, 0.4) is 0 Å². The standard InChI is InChI=1S/C19H18Cl2N4O2/c1-26-13-7-14(27-2)18(21)16(17(13)20)12-5-9-8-23-15(22)6-11(9)19(25-12)24-10-3-4-10/h5-8,10H,3-4H2,1-2H3,(H2,22,23)(H,24,25). The molecule has 0 spiro atoms. The van der Waals surface area contributed by atoms with E-state index in [0.29, 0.717) is 44.7 Å². The molecule has 1 aliphatic carbocycles. The van der Waals surface area contributed by atoms with Crippen LogP contribution >= 0.6 is 23.2 Å². The van der Waals surface area contributed by atoms with Crippen LogP contribution in [0.4, 0.5) is 11.6 Å². The Morgan fingerprint density at radius 2 is 1.74 bits per heavy atom. The first kappa shape index (κ1) is 17.9. The minimum atomic E-state index is 0.371. The van der Waals surface area contributed by atoms with Gasteiger partial charge >= 0.3 is 0 Å². The normalized spacial score (nSPS) is 13.6. The number of nitrogens with zero attached hydrogens (tertiary/aromatic N) is 2. The summed E-state index contributed by atoms with van der Waals surface area (Å²) in [5.41, 5.74) is 7.02. The van der Waals surface area contributed by atoms with E-state index in [1.54, 1.807) is 26.5 Å². The second kappa shape index (κ2) is 6.94. The van der Waals surface area contributed by atoms with Gasteiger partial charge in [-0.2, -0.15) is 0 Å². The van der Waals surface area contributed by atoms with Crippen molar-refractivity contribution in [1.82, 2.24) is 9.97 Å². The van der Waals surface area contributed by atoms with E-state index >= 15 is 0 Å². The van der Waals surface area contributed by atoms with Crippen molar-refractivity contribution in [3.05, 3.63) is 34.4 Å². The number of ether oxygens (including phenoxy) is 2. The fourth-order valence-corrected chi connectivity index (χ4v) is 3.63. The number of nitrogen functional groups attached to an aromatic ring is 1. The van der Waals surface area contributed by atoms with E-state index in [-0.39, 0.29) is 0 Å². The number of nitrogens with one attached hydrogen (secondary N) is 1. The van der Waals surface area contributed by atoms with Gasteiger partial charge in [-0.05, 0) is 25.0 Å². The number of anilines is 2. The monoisotopic (exact) mass is 404 g/mol. The third-order valence-electron chi connectivity index (χ3n) is 4.48. The average Bonchev–Trinajstić information content (AvgIpc) is 3.47. The third-order valence-corrected chi connectivity index (χ3v) is 5.23. The average molecular weight is 405 g/mol. The van der Waals surface area contributed by atoms with Crippen molar-refractivity contribution in [2.45, 2.75) is 18.9 Å². The largest absolute Gasteiger partial charge is 0.495 e. The van der Waals surface area contributed by atoms with E-state index in [0.717, 1.165) is 29.4 Å². The zero-order valence-corrected chi connectivity index (χ0v) is 16.4. The van der Waals surface area contributed by atoms with Gasteiger partial charge in [-0.15, -0.1) is 0 Å². The number of nitrogens with two attached hydrogens (primary N) is 1. The zero-order chi connectivity index (χ0) is 19.1. The number of benzene rings is 1. The van der Waals surface area contributed by atoms with Crippen molar-refractivity contribution in [1.29, 1.82) is 0 Å². The predicted octanol–water partition coefficient (Wildman–Crippen LogP) is 4.78. The molecule has 1 aliphatic rings. The molecule has 6 nitrogen and oxygen atoms in total. The molecule has 140 valence electrons. The summed E-state index contributed by atoms with van der Waals surface area (Å²) in [5, 5.41) is 5.98. The number of methoxy groups -OCH3 is 2. The van der Waals surface area contributed by atoms with Crippen molar-refractivity contribution in [3.63, 3.8) is 0 Å². The van der Waals surface area contributed by atoms with Crippen LogP contribution in [-0.2, 0) is 0 Å². The van der Waals surface area contributed by atoms with Crippen LogP contribution in [0.25, 0.3) is 22.0 Å². The van der Waals surface area contributed by atoms with Crippen LogP contribution in [0.2, 0.25) is 10.0 Å². The number of pyridine rings is 2. The van der Waals surface area contributed by atoms with Gasteiger partial charge in [-0.25, -0.2) is 9.97 Å². The van der Waals surface area contributed by atoms with E-state index in [1.165, 1.54) is 0 Å². The van der Waals surface area contributed by atoms with Crippen molar-refractivity contribution in [2.75, 3.05) is 25.3 Å². The summed E-state index contributed by atoms with van der Waals surface area (Å²) in [6, 6.07) is 5.76. The van der Waals surface area contributed by atoms with Crippen LogP contribution in [-0.4, -0.2) is 30.2 Å². The SMILES string of the molecule is COc1cc(OC)c(Cl)c(-c2cc3cnc(N)cc3c(NC3CC3)n2)c1Cl. The van der Waals surface area contributed by atoms with E-state index in [9.17, 15) is 0 Å². The second-order valence-corrected chi connectivity index (χ2v) is 7.14. The molecular weight excluding hydrogens is 387 g/mol. The molecule has 3 N–H and O–H groups in total. The number of fused-ring (bicyclic) bond motifs is 1. The van der Waals surface area contributed by atoms with Gasteiger partial charge in [-0.1, -0.05) is 23.2 Å². The second-order valence-electron chi connectivity index (χ2n) is 6.39. The quantitative estimate of drug-likeness (QED) is 0.636. The van der Waals surface area contributed by atoms with Gasteiger partial charge in [0.2, 0.25) is 0 Å². The molecule has 0 amide bonds. The van der Waals surface area contributed by atoms with Crippen LogP contribution in [0.15, 0.2) is 24.4 Å². The maximum Gasteiger partial charge on any atom is 0.141 e. The minimum Gasteiger partial charge on any atom is -0.495 e. The molecule has 0 radical (unpaired) electrons. The van der Waals surface area contributed by atoms with E-state index in [1.807, 2.05) is 12.1 Å². The van der Waals surface area contributed by atoms with Crippen molar-refractivity contribution in [3.8, 4) is 22.8 Å². The topological polar surface area (TPSA) is 82.3 Å². The minimum absolute atomic E-state index is 0.371. The van der Waals surface area contributed by atoms with Gasteiger partial charge in [0.1, 0.15) is 23.1 Å². The van der Waals surface area contributed by atoms with Crippen molar-refractivity contribution in [2.24, 2.45) is 0 Å². The first-order valence-corrected chi connectivity index (χ1v) is 9.20. The highest BCUT2D eigenvalue weighted by Crippen LogP contribution is 2.46. The highest BCUT2D eigenvalue weighted by molar-refractivity contribution is 6.41. The first-order valence-electron chi connectivity index (χ1n) is 8.45. The summed E-state index contributed by atoms with van der Waals surface area (Å²) in [6.07, 6.45) is 3.94. The van der Waals surface area contributed by atoms with E-state index in [4.69, 9.17) is 43.4 Å². The fourth-order valence-electron chi connectivity index (χ4n) is 2.93. The highest BCUT2D eigenvalue weighted by Gasteiger charge is 2.25. The van der Waals surface area contributed by atoms with Gasteiger partial charge in [0, 0.05) is 34.6 Å². The number of rotatable bonds is 5. The Balaban J connectivity index is 1.98. The lowest BCUT2D eigenvalue weighted by molar-refractivity contribution is 0.395. The van der Waals surface area contributed by atoms with E-state index in [2.05, 4.69) is 10.3 Å². The molecule has 0 bridgehead atoms. The Hall–Kier alpha value is -2.44. The molecule has 27 heavy (non-hydrogen) atoms. The Labute approximate surface area is 166 Å². The molecule has 1 aromatic carbocycles. The van der Waals surface area contributed by atoms with Gasteiger partial charge in [0.05, 0.1) is 30.0 Å². The molecule has 4 rings (SSSR count).